The molecule has 8 heteroatoms. The molecule has 3 amide bonds. The summed E-state index contributed by atoms with van der Waals surface area (Å²) >= 11 is 5.01. The van der Waals surface area contributed by atoms with Crippen LogP contribution >= 0.6 is 27.3 Å². The molecule has 1 N–H and O–H groups in total. The lowest BCUT2D eigenvalue weighted by Crippen LogP contribution is -2.47. The van der Waals surface area contributed by atoms with Gasteiger partial charge in [0.05, 0.1) is 6.54 Å². The Morgan fingerprint density at radius 2 is 1.85 bits per heavy atom. The minimum atomic E-state index is -0.324. The molecule has 0 aliphatic carbocycles. The molecular weight excluding hydrogens is 517 g/mol. The Labute approximate surface area is 212 Å². The van der Waals surface area contributed by atoms with Crippen molar-refractivity contribution in [1.29, 1.82) is 0 Å². The van der Waals surface area contributed by atoms with E-state index >= 15 is 0 Å². The zero-order chi connectivity index (χ0) is 24.7. The standard InChI is InChI=1S/C26H29BrFN3O2S/c1-4-19(3)31(26(33)29-23-7-5-6-21(27)14-23)17-25(32)30(16-24-18(2)12-13-34-24)15-20-8-10-22(28)11-9-20/h5-14,19H,4,15-17H2,1-3H3,(H,29,33). The third kappa shape index (κ3) is 7.14. The Morgan fingerprint density at radius 3 is 2.47 bits per heavy atom. The van der Waals surface area contributed by atoms with Gasteiger partial charge in [0.15, 0.2) is 0 Å². The molecule has 0 aliphatic rings. The van der Waals surface area contributed by atoms with E-state index in [2.05, 4.69) is 21.2 Å². The van der Waals surface area contributed by atoms with Crippen molar-refractivity contribution in [2.45, 2.75) is 46.3 Å². The fourth-order valence-electron chi connectivity index (χ4n) is 3.44. The topological polar surface area (TPSA) is 52.7 Å². The highest BCUT2D eigenvalue weighted by atomic mass is 79.9. The maximum Gasteiger partial charge on any atom is 0.322 e. The first kappa shape index (κ1) is 25.9. The number of carbonyl (C=O) groups is 2. The van der Waals surface area contributed by atoms with Gasteiger partial charge in [-0.25, -0.2) is 9.18 Å². The van der Waals surface area contributed by atoms with Crippen molar-refractivity contribution in [3.8, 4) is 0 Å². The van der Waals surface area contributed by atoms with Gasteiger partial charge in [-0.3, -0.25) is 4.79 Å². The number of anilines is 1. The molecule has 2 aromatic carbocycles. The summed E-state index contributed by atoms with van der Waals surface area (Å²) in [4.78, 5) is 31.0. The normalized spacial score (nSPS) is 11.7. The lowest BCUT2D eigenvalue weighted by atomic mass is 10.2. The quantitative estimate of drug-likeness (QED) is 0.320. The summed E-state index contributed by atoms with van der Waals surface area (Å²) < 4.78 is 14.3. The van der Waals surface area contributed by atoms with Gasteiger partial charge < -0.3 is 15.1 Å². The summed E-state index contributed by atoms with van der Waals surface area (Å²) in [5.41, 5.74) is 2.60. The third-order valence-electron chi connectivity index (χ3n) is 5.71. The molecule has 1 unspecified atom stereocenters. The molecule has 5 nitrogen and oxygen atoms in total. The minimum absolute atomic E-state index is 0.0551. The smallest absolute Gasteiger partial charge is 0.322 e. The number of thiophene rings is 1. The van der Waals surface area contributed by atoms with E-state index in [0.717, 1.165) is 20.5 Å². The van der Waals surface area contributed by atoms with E-state index in [4.69, 9.17) is 0 Å². The summed E-state index contributed by atoms with van der Waals surface area (Å²) in [6.45, 7) is 6.64. The van der Waals surface area contributed by atoms with E-state index in [9.17, 15) is 14.0 Å². The van der Waals surface area contributed by atoms with Crippen molar-refractivity contribution in [2.75, 3.05) is 11.9 Å². The first-order chi connectivity index (χ1) is 16.3. The largest absolute Gasteiger partial charge is 0.332 e. The molecular formula is C26H29BrFN3O2S. The lowest BCUT2D eigenvalue weighted by molar-refractivity contribution is -0.133. The van der Waals surface area contributed by atoms with E-state index in [1.165, 1.54) is 12.1 Å². The van der Waals surface area contributed by atoms with Gasteiger partial charge >= 0.3 is 6.03 Å². The van der Waals surface area contributed by atoms with Gasteiger partial charge in [-0.05, 0) is 73.2 Å². The highest BCUT2D eigenvalue weighted by Crippen LogP contribution is 2.21. The first-order valence-corrected chi connectivity index (χ1v) is 12.8. The van der Waals surface area contributed by atoms with Crippen LogP contribution in [0.25, 0.3) is 0 Å². The van der Waals surface area contributed by atoms with Gasteiger partial charge in [0, 0.05) is 27.6 Å². The van der Waals surface area contributed by atoms with E-state index in [-0.39, 0.29) is 30.3 Å². The second kappa shape index (κ2) is 12.1. The molecule has 0 saturated heterocycles. The van der Waals surface area contributed by atoms with Crippen LogP contribution in [0.2, 0.25) is 0 Å². The number of amides is 3. The van der Waals surface area contributed by atoms with E-state index in [1.54, 1.807) is 39.3 Å². The molecule has 0 bridgehead atoms. The number of carbonyl (C=O) groups excluding carboxylic acids is 2. The van der Waals surface area contributed by atoms with Crippen molar-refractivity contribution in [1.82, 2.24) is 9.80 Å². The van der Waals surface area contributed by atoms with Crippen LogP contribution in [-0.2, 0) is 17.9 Å². The van der Waals surface area contributed by atoms with E-state index in [0.29, 0.717) is 25.2 Å². The third-order valence-corrected chi connectivity index (χ3v) is 7.21. The van der Waals surface area contributed by atoms with Gasteiger partial charge in [-0.15, -0.1) is 11.3 Å². The van der Waals surface area contributed by atoms with Crippen LogP contribution in [0.3, 0.4) is 0 Å². The average Bonchev–Trinajstić information content (AvgIpc) is 3.22. The summed E-state index contributed by atoms with van der Waals surface area (Å²) in [6, 6.07) is 15.1. The van der Waals surface area contributed by atoms with Gasteiger partial charge in [-0.1, -0.05) is 41.1 Å². The summed E-state index contributed by atoms with van der Waals surface area (Å²) in [5.74, 6) is -0.482. The molecule has 1 heterocycles. The molecule has 3 rings (SSSR count). The Bertz CT molecular complexity index is 1120. The van der Waals surface area contributed by atoms with Crippen LogP contribution in [0.5, 0.6) is 0 Å². The van der Waals surface area contributed by atoms with Gasteiger partial charge in [-0.2, -0.15) is 0 Å². The highest BCUT2D eigenvalue weighted by molar-refractivity contribution is 9.10. The highest BCUT2D eigenvalue weighted by Gasteiger charge is 2.25. The van der Waals surface area contributed by atoms with Crippen molar-refractivity contribution in [3.05, 3.63) is 86.3 Å². The number of benzene rings is 2. The number of urea groups is 1. The average molecular weight is 547 g/mol. The Morgan fingerprint density at radius 1 is 1.12 bits per heavy atom. The number of rotatable bonds is 9. The number of nitrogens with zero attached hydrogens (tertiary/aromatic N) is 2. The molecule has 3 aromatic rings. The van der Waals surface area contributed by atoms with Crippen molar-refractivity contribution >= 4 is 44.9 Å². The fraction of sp³-hybridized carbons (Fsp3) is 0.308. The van der Waals surface area contributed by atoms with Crippen LogP contribution in [-0.4, -0.2) is 34.3 Å². The Kier molecular flexibility index (Phi) is 9.24. The maximum atomic E-state index is 13.5. The molecule has 34 heavy (non-hydrogen) atoms. The van der Waals surface area contributed by atoms with E-state index in [1.807, 2.05) is 50.4 Å². The van der Waals surface area contributed by atoms with Crippen molar-refractivity contribution < 1.29 is 14.0 Å². The van der Waals surface area contributed by atoms with Crippen LogP contribution in [0.1, 0.15) is 36.3 Å². The van der Waals surface area contributed by atoms with Crippen LogP contribution in [0.4, 0.5) is 14.9 Å². The molecule has 1 atom stereocenters. The number of hydrogen-bond donors (Lipinski definition) is 1. The lowest BCUT2D eigenvalue weighted by Gasteiger charge is -2.31. The zero-order valence-corrected chi connectivity index (χ0v) is 22.0. The Hall–Kier alpha value is -2.71. The van der Waals surface area contributed by atoms with Crippen molar-refractivity contribution in [2.24, 2.45) is 0 Å². The van der Waals surface area contributed by atoms with Gasteiger partial charge in [0.2, 0.25) is 5.91 Å². The molecule has 0 saturated carbocycles. The first-order valence-electron chi connectivity index (χ1n) is 11.1. The minimum Gasteiger partial charge on any atom is -0.332 e. The molecule has 0 fully saturated rings. The number of halogens is 2. The molecule has 0 aliphatic heterocycles. The second-order valence-electron chi connectivity index (χ2n) is 8.23. The number of aryl methyl sites for hydroxylation is 1. The maximum absolute atomic E-state index is 13.5. The molecule has 180 valence electrons. The predicted molar refractivity (Wildman–Crippen MR) is 139 cm³/mol. The predicted octanol–water partition coefficient (Wildman–Crippen LogP) is 6.82. The van der Waals surface area contributed by atoms with Gasteiger partial charge in [0.25, 0.3) is 0 Å². The number of nitrogens with one attached hydrogen (secondary N) is 1. The van der Waals surface area contributed by atoms with Crippen LogP contribution in [0, 0.1) is 12.7 Å². The SMILES string of the molecule is CCC(C)N(CC(=O)N(Cc1ccc(F)cc1)Cc1sccc1C)C(=O)Nc1cccc(Br)c1. The molecule has 0 radical (unpaired) electrons. The summed E-state index contributed by atoms with van der Waals surface area (Å²) in [5, 5.41) is 4.90. The second-order valence-corrected chi connectivity index (χ2v) is 10.1. The van der Waals surface area contributed by atoms with Gasteiger partial charge in [0.1, 0.15) is 12.4 Å². The molecule has 1 aromatic heterocycles. The molecule has 0 spiro atoms. The number of hydrogen-bond acceptors (Lipinski definition) is 3. The summed E-state index contributed by atoms with van der Waals surface area (Å²) in [7, 11) is 0. The van der Waals surface area contributed by atoms with Crippen LogP contribution in [0.15, 0.2) is 64.5 Å². The fourth-order valence-corrected chi connectivity index (χ4v) is 4.76. The Balaban J connectivity index is 1.80. The van der Waals surface area contributed by atoms with Crippen molar-refractivity contribution in [3.63, 3.8) is 0 Å². The zero-order valence-electron chi connectivity index (χ0n) is 19.6. The van der Waals surface area contributed by atoms with E-state index < -0.39 is 0 Å². The summed E-state index contributed by atoms with van der Waals surface area (Å²) in [6.07, 6.45) is 0.710. The monoisotopic (exact) mass is 545 g/mol. The van der Waals surface area contributed by atoms with Crippen LogP contribution < -0.4 is 5.32 Å².